The van der Waals surface area contributed by atoms with Crippen molar-refractivity contribution in [2.24, 2.45) is 0 Å². The van der Waals surface area contributed by atoms with Gasteiger partial charge < -0.3 is 29.2 Å². The smallest absolute Gasteiger partial charge is 0.505 e. The summed E-state index contributed by atoms with van der Waals surface area (Å²) in [6, 6.07) is 0. The van der Waals surface area contributed by atoms with Crippen LogP contribution in [-0.2, 0) is 28.5 Å². The van der Waals surface area contributed by atoms with Gasteiger partial charge in [0, 0.05) is 6.42 Å². The first kappa shape index (κ1) is 31.7. The van der Waals surface area contributed by atoms with E-state index in [9.17, 15) is 24.6 Å². The van der Waals surface area contributed by atoms with E-state index in [0.29, 0.717) is 6.42 Å². The number of unbranched alkanes of at least 4 members (excludes halogenated alkanes) is 12. The second-order valence-electron chi connectivity index (χ2n) is 10.3. The van der Waals surface area contributed by atoms with E-state index in [0.717, 1.165) is 19.3 Å². The van der Waals surface area contributed by atoms with Crippen molar-refractivity contribution in [3.63, 3.8) is 0 Å². The Kier molecular flexibility index (Phi) is 15.2. The van der Waals surface area contributed by atoms with Crippen LogP contribution in [0.1, 0.15) is 118 Å². The molecule has 0 aliphatic carbocycles. The molecule has 0 aromatic rings. The molecule has 0 bridgehead atoms. The van der Waals surface area contributed by atoms with Crippen molar-refractivity contribution in [1.29, 1.82) is 0 Å². The maximum absolute atomic E-state index is 12.0. The van der Waals surface area contributed by atoms with Crippen LogP contribution >= 0.6 is 0 Å². The fourth-order valence-corrected chi connectivity index (χ4v) is 3.79. The fraction of sp³-hybridized carbons (Fsp3) is 0.815. The monoisotopic (exact) mass is 514 g/mol. The minimum absolute atomic E-state index is 0.226. The van der Waals surface area contributed by atoms with Gasteiger partial charge >= 0.3 is 18.1 Å². The Balaban J connectivity index is 2.16. The van der Waals surface area contributed by atoms with Crippen LogP contribution in [0.2, 0.25) is 0 Å². The zero-order valence-electron chi connectivity index (χ0n) is 22.5. The van der Waals surface area contributed by atoms with Gasteiger partial charge in [0.2, 0.25) is 0 Å². The molecule has 0 amide bonds. The molecule has 9 heteroatoms. The number of hydrogen-bond acceptors (Lipinski definition) is 9. The third-order valence-corrected chi connectivity index (χ3v) is 5.75. The highest BCUT2D eigenvalue weighted by atomic mass is 16.7. The molecule has 0 spiro atoms. The summed E-state index contributed by atoms with van der Waals surface area (Å²) in [6.07, 6.45) is 11.7. The first-order chi connectivity index (χ1) is 17.0. The van der Waals surface area contributed by atoms with Crippen LogP contribution in [-0.4, -0.2) is 52.7 Å². The molecule has 2 atom stereocenters. The molecule has 9 nitrogen and oxygen atoms in total. The van der Waals surface area contributed by atoms with E-state index in [-0.39, 0.29) is 6.42 Å². The molecule has 0 unspecified atom stereocenters. The van der Waals surface area contributed by atoms with Gasteiger partial charge in [0.1, 0.15) is 18.3 Å². The number of cyclic esters (lactones) is 1. The zero-order chi connectivity index (χ0) is 27.0. The zero-order valence-corrected chi connectivity index (χ0v) is 22.5. The quantitative estimate of drug-likeness (QED) is 0.128. The number of aliphatic hydroxyl groups is 2. The van der Waals surface area contributed by atoms with Crippen molar-refractivity contribution in [2.75, 3.05) is 6.61 Å². The SMILES string of the molecule is CCCCCCCCCCCCCCCC(=O)OC[C@H](O)[C@H]1OC(=O)C(OC(=O)OC(C)(C)C)=C1O. The molecular formula is C27H46O9. The van der Waals surface area contributed by atoms with Crippen LogP contribution in [0, 0.1) is 0 Å². The van der Waals surface area contributed by atoms with Crippen molar-refractivity contribution in [2.45, 2.75) is 135 Å². The molecule has 0 radical (unpaired) electrons. The predicted octanol–water partition coefficient (Wildman–Crippen LogP) is 6.02. The van der Waals surface area contributed by atoms with Crippen LogP contribution in [0.3, 0.4) is 0 Å². The standard InChI is InChI=1S/C27H46O9/c1-5-6-7-8-9-10-11-12-13-14-15-16-17-18-21(29)33-19-20(28)23-22(30)24(25(31)34-23)35-26(32)36-27(2,3)4/h20,23,28,30H,5-19H2,1-4H3/t20-,23+/m0/s1. The molecule has 0 fully saturated rings. The summed E-state index contributed by atoms with van der Waals surface area (Å²) in [5, 5.41) is 20.3. The molecule has 1 rings (SSSR count). The molecule has 36 heavy (non-hydrogen) atoms. The Hall–Kier alpha value is -2.29. The Morgan fingerprint density at radius 2 is 1.42 bits per heavy atom. The molecule has 208 valence electrons. The van der Waals surface area contributed by atoms with Gasteiger partial charge in [-0.05, 0) is 27.2 Å². The van der Waals surface area contributed by atoms with Crippen LogP contribution in [0.5, 0.6) is 0 Å². The highest BCUT2D eigenvalue weighted by molar-refractivity contribution is 5.91. The second kappa shape index (κ2) is 17.2. The number of carbonyl (C=O) groups excluding carboxylic acids is 3. The normalized spacial score (nSPS) is 16.6. The molecule has 0 aromatic carbocycles. The minimum Gasteiger partial charge on any atom is -0.505 e. The highest BCUT2D eigenvalue weighted by Gasteiger charge is 2.42. The van der Waals surface area contributed by atoms with E-state index < -0.39 is 54.0 Å². The van der Waals surface area contributed by atoms with Gasteiger partial charge in [-0.1, -0.05) is 84.0 Å². The molecule has 2 N–H and O–H groups in total. The summed E-state index contributed by atoms with van der Waals surface area (Å²) in [6.45, 7) is 6.58. The molecule has 0 saturated heterocycles. The molecule has 0 aromatic heterocycles. The molecular weight excluding hydrogens is 468 g/mol. The Bertz CT molecular complexity index is 709. The van der Waals surface area contributed by atoms with Crippen LogP contribution in [0.25, 0.3) is 0 Å². The number of carbonyl (C=O) groups is 3. The maximum atomic E-state index is 12.0. The lowest BCUT2D eigenvalue weighted by atomic mass is 10.0. The van der Waals surface area contributed by atoms with Gasteiger partial charge in [0.05, 0.1) is 0 Å². The fourth-order valence-electron chi connectivity index (χ4n) is 3.79. The summed E-state index contributed by atoms with van der Waals surface area (Å²) < 4.78 is 19.5. The van der Waals surface area contributed by atoms with Crippen LogP contribution < -0.4 is 0 Å². The summed E-state index contributed by atoms with van der Waals surface area (Å²) in [5.74, 6) is -3.12. The van der Waals surface area contributed by atoms with E-state index in [1.807, 2.05) is 0 Å². The number of ether oxygens (including phenoxy) is 4. The van der Waals surface area contributed by atoms with Gasteiger partial charge in [-0.15, -0.1) is 0 Å². The van der Waals surface area contributed by atoms with Crippen molar-refractivity contribution in [3.8, 4) is 0 Å². The predicted molar refractivity (Wildman–Crippen MR) is 134 cm³/mol. The van der Waals surface area contributed by atoms with Crippen molar-refractivity contribution >= 4 is 18.1 Å². The third kappa shape index (κ3) is 13.7. The minimum atomic E-state index is -1.51. The number of rotatable bonds is 18. The molecule has 1 heterocycles. The van der Waals surface area contributed by atoms with E-state index in [4.69, 9.17) is 18.9 Å². The van der Waals surface area contributed by atoms with Gasteiger partial charge in [0.15, 0.2) is 11.9 Å². The topological polar surface area (TPSA) is 129 Å². The average Bonchev–Trinajstić information content (AvgIpc) is 3.07. The van der Waals surface area contributed by atoms with Gasteiger partial charge in [0.25, 0.3) is 5.76 Å². The molecule has 1 aliphatic heterocycles. The maximum Gasteiger partial charge on any atom is 0.514 e. The van der Waals surface area contributed by atoms with Gasteiger partial charge in [-0.25, -0.2) is 9.59 Å². The second-order valence-corrected chi connectivity index (χ2v) is 10.3. The highest BCUT2D eigenvalue weighted by Crippen LogP contribution is 2.25. The summed E-state index contributed by atoms with van der Waals surface area (Å²) >= 11 is 0. The van der Waals surface area contributed by atoms with Crippen molar-refractivity contribution < 1.29 is 43.5 Å². The van der Waals surface area contributed by atoms with E-state index in [1.54, 1.807) is 20.8 Å². The lowest BCUT2D eigenvalue weighted by Crippen LogP contribution is -2.33. The van der Waals surface area contributed by atoms with E-state index >= 15 is 0 Å². The van der Waals surface area contributed by atoms with E-state index in [2.05, 4.69) is 6.92 Å². The van der Waals surface area contributed by atoms with Crippen molar-refractivity contribution in [3.05, 3.63) is 11.5 Å². The van der Waals surface area contributed by atoms with Crippen LogP contribution in [0.4, 0.5) is 4.79 Å². The number of esters is 2. The number of hydrogen-bond donors (Lipinski definition) is 2. The van der Waals surface area contributed by atoms with Crippen LogP contribution in [0.15, 0.2) is 11.5 Å². The third-order valence-electron chi connectivity index (χ3n) is 5.75. The molecule has 1 aliphatic rings. The number of aliphatic hydroxyl groups excluding tert-OH is 2. The molecule has 0 saturated carbocycles. The van der Waals surface area contributed by atoms with Gasteiger partial charge in [-0.3, -0.25) is 4.79 Å². The Morgan fingerprint density at radius 1 is 0.917 bits per heavy atom. The van der Waals surface area contributed by atoms with E-state index in [1.165, 1.54) is 57.8 Å². The summed E-state index contributed by atoms with van der Waals surface area (Å²) in [4.78, 5) is 35.6. The Morgan fingerprint density at radius 3 is 1.92 bits per heavy atom. The van der Waals surface area contributed by atoms with Gasteiger partial charge in [-0.2, -0.15) is 0 Å². The lowest BCUT2D eigenvalue weighted by Gasteiger charge is -2.18. The average molecular weight is 515 g/mol. The Labute approximate surface area is 215 Å². The van der Waals surface area contributed by atoms with Crippen molar-refractivity contribution in [1.82, 2.24) is 0 Å². The first-order valence-electron chi connectivity index (χ1n) is 13.4. The lowest BCUT2D eigenvalue weighted by molar-refractivity contribution is -0.154. The first-order valence-corrected chi connectivity index (χ1v) is 13.4. The summed E-state index contributed by atoms with van der Waals surface area (Å²) in [5.41, 5.74) is -0.865. The largest absolute Gasteiger partial charge is 0.514 e. The summed E-state index contributed by atoms with van der Waals surface area (Å²) in [7, 11) is 0.